The van der Waals surface area contributed by atoms with E-state index in [1.807, 2.05) is 0 Å². The first-order valence-electron chi connectivity index (χ1n) is 7.08. The number of ether oxygens (including phenoxy) is 1. The van der Waals surface area contributed by atoms with Gasteiger partial charge in [0.05, 0.1) is 12.7 Å². The third-order valence-corrected chi connectivity index (χ3v) is 4.08. The van der Waals surface area contributed by atoms with Crippen LogP contribution >= 0.6 is 0 Å². The summed E-state index contributed by atoms with van der Waals surface area (Å²) in [4.78, 5) is 5.05. The normalized spacial score (nSPS) is 32.1. The molecule has 0 aromatic rings. The van der Waals surface area contributed by atoms with Crippen LogP contribution in [-0.2, 0) is 4.74 Å². The summed E-state index contributed by atoms with van der Waals surface area (Å²) in [6.07, 6.45) is 2.92. The van der Waals surface area contributed by atoms with Crippen LogP contribution in [0.3, 0.4) is 0 Å². The van der Waals surface area contributed by atoms with Crippen LogP contribution in [0.15, 0.2) is 0 Å². The lowest BCUT2D eigenvalue weighted by molar-refractivity contribution is -0.0395. The van der Waals surface area contributed by atoms with Crippen LogP contribution in [0.25, 0.3) is 0 Å². The van der Waals surface area contributed by atoms with Crippen molar-refractivity contribution in [2.45, 2.75) is 25.9 Å². The number of likely N-dealkylation sites (tertiary alicyclic amines) is 1. The topological polar surface area (TPSA) is 41.7 Å². The van der Waals surface area contributed by atoms with Crippen molar-refractivity contribution in [1.29, 1.82) is 0 Å². The molecule has 0 amide bonds. The highest BCUT2D eigenvalue weighted by Crippen LogP contribution is 2.20. The van der Waals surface area contributed by atoms with E-state index in [-0.39, 0.29) is 0 Å². The van der Waals surface area contributed by atoms with Crippen molar-refractivity contribution < 1.29 is 4.74 Å². The summed E-state index contributed by atoms with van der Waals surface area (Å²) in [7, 11) is 0. The van der Waals surface area contributed by atoms with Crippen molar-refractivity contribution in [1.82, 2.24) is 9.80 Å². The SMILES string of the molecule is CCN1CCOC(CN2CCC(CCN)C2)C1. The Balaban J connectivity index is 1.70. The summed E-state index contributed by atoms with van der Waals surface area (Å²) in [6.45, 7) is 10.9. The summed E-state index contributed by atoms with van der Waals surface area (Å²) in [5.74, 6) is 0.825. The highest BCUT2D eigenvalue weighted by atomic mass is 16.5. The average Bonchev–Trinajstić information content (AvgIpc) is 2.77. The van der Waals surface area contributed by atoms with Gasteiger partial charge < -0.3 is 15.4 Å². The predicted molar refractivity (Wildman–Crippen MR) is 70.1 cm³/mol. The summed E-state index contributed by atoms with van der Waals surface area (Å²) < 4.78 is 5.86. The number of nitrogens with zero attached hydrogens (tertiary/aromatic N) is 2. The van der Waals surface area contributed by atoms with Gasteiger partial charge in [0.15, 0.2) is 0 Å². The van der Waals surface area contributed by atoms with E-state index in [1.54, 1.807) is 0 Å². The Hall–Kier alpha value is -0.160. The zero-order valence-corrected chi connectivity index (χ0v) is 11.1. The van der Waals surface area contributed by atoms with Crippen molar-refractivity contribution in [2.75, 3.05) is 52.4 Å². The van der Waals surface area contributed by atoms with Crippen LogP contribution in [-0.4, -0.2) is 68.3 Å². The lowest BCUT2D eigenvalue weighted by Gasteiger charge is -2.34. The molecule has 2 aliphatic rings. The first-order valence-corrected chi connectivity index (χ1v) is 7.08. The van der Waals surface area contributed by atoms with Gasteiger partial charge in [0, 0.05) is 26.2 Å². The van der Waals surface area contributed by atoms with E-state index in [1.165, 1.54) is 25.9 Å². The van der Waals surface area contributed by atoms with Gasteiger partial charge in [0.1, 0.15) is 0 Å². The molecule has 4 heteroatoms. The summed E-state index contributed by atoms with van der Waals surface area (Å²) in [5, 5.41) is 0. The third-order valence-electron chi connectivity index (χ3n) is 4.08. The van der Waals surface area contributed by atoms with Crippen molar-refractivity contribution in [3.63, 3.8) is 0 Å². The maximum Gasteiger partial charge on any atom is 0.0829 e. The van der Waals surface area contributed by atoms with Gasteiger partial charge in [-0.15, -0.1) is 0 Å². The molecule has 0 aromatic carbocycles. The van der Waals surface area contributed by atoms with Gasteiger partial charge in [0.2, 0.25) is 0 Å². The zero-order chi connectivity index (χ0) is 12.1. The molecule has 2 N–H and O–H groups in total. The van der Waals surface area contributed by atoms with Crippen molar-refractivity contribution in [3.05, 3.63) is 0 Å². The summed E-state index contributed by atoms with van der Waals surface area (Å²) >= 11 is 0. The Morgan fingerprint density at radius 2 is 2.12 bits per heavy atom. The molecule has 17 heavy (non-hydrogen) atoms. The maximum absolute atomic E-state index is 5.86. The maximum atomic E-state index is 5.86. The van der Waals surface area contributed by atoms with Gasteiger partial charge >= 0.3 is 0 Å². The number of morpholine rings is 1. The molecular weight excluding hydrogens is 214 g/mol. The Morgan fingerprint density at radius 1 is 1.24 bits per heavy atom. The molecule has 0 bridgehead atoms. The van der Waals surface area contributed by atoms with E-state index in [0.717, 1.165) is 45.2 Å². The van der Waals surface area contributed by atoms with E-state index in [0.29, 0.717) is 6.10 Å². The molecule has 0 radical (unpaired) electrons. The quantitative estimate of drug-likeness (QED) is 0.755. The molecule has 2 saturated heterocycles. The number of nitrogens with two attached hydrogens (primary N) is 1. The van der Waals surface area contributed by atoms with Crippen molar-refractivity contribution in [2.24, 2.45) is 11.7 Å². The molecule has 0 aliphatic carbocycles. The minimum atomic E-state index is 0.417. The summed E-state index contributed by atoms with van der Waals surface area (Å²) in [5.41, 5.74) is 5.62. The standard InChI is InChI=1S/C13H27N3O/c1-2-15-7-8-17-13(10-15)11-16-6-4-12(9-16)3-5-14/h12-13H,2-11,14H2,1H3. The fourth-order valence-electron chi connectivity index (χ4n) is 3.02. The molecule has 4 nitrogen and oxygen atoms in total. The molecule has 2 heterocycles. The molecule has 2 aliphatic heterocycles. The zero-order valence-electron chi connectivity index (χ0n) is 11.1. The van der Waals surface area contributed by atoms with Gasteiger partial charge in [-0.2, -0.15) is 0 Å². The molecular formula is C13H27N3O. The average molecular weight is 241 g/mol. The number of rotatable bonds is 5. The number of likely N-dealkylation sites (N-methyl/N-ethyl adjacent to an activating group) is 1. The molecule has 2 atom stereocenters. The second-order valence-electron chi connectivity index (χ2n) is 5.38. The number of hydrogen-bond acceptors (Lipinski definition) is 4. The smallest absolute Gasteiger partial charge is 0.0829 e. The molecule has 100 valence electrons. The molecule has 2 fully saturated rings. The highest BCUT2D eigenvalue weighted by molar-refractivity contribution is 4.80. The van der Waals surface area contributed by atoms with Crippen LogP contribution in [0.5, 0.6) is 0 Å². The fourth-order valence-corrected chi connectivity index (χ4v) is 3.02. The van der Waals surface area contributed by atoms with Gasteiger partial charge in [-0.25, -0.2) is 0 Å². The second kappa shape index (κ2) is 6.69. The lowest BCUT2D eigenvalue weighted by Crippen LogP contribution is -2.47. The van der Waals surface area contributed by atoms with Gasteiger partial charge in [-0.3, -0.25) is 4.90 Å². The largest absolute Gasteiger partial charge is 0.374 e. The van der Waals surface area contributed by atoms with E-state index >= 15 is 0 Å². The first kappa shape index (κ1) is 13.3. The van der Waals surface area contributed by atoms with E-state index in [9.17, 15) is 0 Å². The van der Waals surface area contributed by atoms with Gasteiger partial charge in [-0.1, -0.05) is 6.92 Å². The van der Waals surface area contributed by atoms with E-state index in [2.05, 4.69) is 16.7 Å². The first-order chi connectivity index (χ1) is 8.31. The molecule has 0 aromatic heterocycles. The molecule has 2 rings (SSSR count). The van der Waals surface area contributed by atoms with Crippen molar-refractivity contribution >= 4 is 0 Å². The monoisotopic (exact) mass is 241 g/mol. The summed E-state index contributed by atoms with van der Waals surface area (Å²) in [6, 6.07) is 0. The molecule has 0 spiro atoms. The third kappa shape index (κ3) is 3.91. The van der Waals surface area contributed by atoms with Crippen LogP contribution in [0, 0.1) is 5.92 Å². The molecule has 2 unspecified atom stereocenters. The minimum absolute atomic E-state index is 0.417. The Labute approximate surface area is 105 Å². The van der Waals surface area contributed by atoms with E-state index < -0.39 is 0 Å². The second-order valence-corrected chi connectivity index (χ2v) is 5.38. The minimum Gasteiger partial charge on any atom is -0.374 e. The Morgan fingerprint density at radius 3 is 2.88 bits per heavy atom. The number of hydrogen-bond donors (Lipinski definition) is 1. The van der Waals surface area contributed by atoms with Crippen LogP contribution in [0.2, 0.25) is 0 Å². The van der Waals surface area contributed by atoms with Gasteiger partial charge in [0.25, 0.3) is 0 Å². The van der Waals surface area contributed by atoms with Crippen molar-refractivity contribution in [3.8, 4) is 0 Å². The predicted octanol–water partition coefficient (Wildman–Crippen LogP) is 0.378. The Kier molecular flexibility index (Phi) is 5.22. The van der Waals surface area contributed by atoms with Crippen LogP contribution in [0.4, 0.5) is 0 Å². The van der Waals surface area contributed by atoms with Gasteiger partial charge in [-0.05, 0) is 38.4 Å². The fraction of sp³-hybridized carbons (Fsp3) is 1.00. The van der Waals surface area contributed by atoms with Crippen LogP contribution < -0.4 is 5.73 Å². The lowest BCUT2D eigenvalue weighted by atomic mass is 10.1. The molecule has 0 saturated carbocycles. The Bertz CT molecular complexity index is 225. The highest BCUT2D eigenvalue weighted by Gasteiger charge is 2.26. The van der Waals surface area contributed by atoms with E-state index in [4.69, 9.17) is 10.5 Å². The van der Waals surface area contributed by atoms with Crippen LogP contribution in [0.1, 0.15) is 19.8 Å².